The molecule has 2 rings (SSSR count). The van der Waals surface area contributed by atoms with Crippen molar-refractivity contribution in [2.45, 2.75) is 24.7 Å². The highest BCUT2D eigenvalue weighted by Crippen LogP contribution is 2.18. The van der Waals surface area contributed by atoms with E-state index in [2.05, 4.69) is 28.3 Å². The largest absolute Gasteiger partial charge is 0.373 e. The van der Waals surface area contributed by atoms with Crippen LogP contribution >= 0.6 is 11.8 Å². The zero-order valence-electron chi connectivity index (χ0n) is 9.57. The Morgan fingerprint density at radius 1 is 1.44 bits per heavy atom. The summed E-state index contributed by atoms with van der Waals surface area (Å²) in [6.45, 7) is 4.18. The van der Waals surface area contributed by atoms with Crippen LogP contribution < -0.4 is 5.32 Å². The highest BCUT2D eigenvalue weighted by atomic mass is 32.2. The molecule has 1 aromatic rings. The van der Waals surface area contributed by atoms with Gasteiger partial charge in [-0.3, -0.25) is 9.98 Å². The first-order valence-corrected chi connectivity index (χ1v) is 6.71. The Hall–Kier alpha value is -1.03. The summed E-state index contributed by atoms with van der Waals surface area (Å²) in [5.74, 6) is 2.05. The predicted octanol–water partition coefficient (Wildman–Crippen LogP) is 2.13. The van der Waals surface area contributed by atoms with E-state index in [0.717, 1.165) is 37.5 Å². The molecule has 1 N–H and O–H groups in total. The van der Waals surface area contributed by atoms with E-state index in [4.69, 9.17) is 0 Å². The van der Waals surface area contributed by atoms with Crippen LogP contribution in [0.5, 0.6) is 0 Å². The van der Waals surface area contributed by atoms with Crippen molar-refractivity contribution in [2.24, 2.45) is 4.99 Å². The Morgan fingerprint density at radius 2 is 2.38 bits per heavy atom. The van der Waals surface area contributed by atoms with Crippen molar-refractivity contribution in [3.8, 4) is 0 Å². The van der Waals surface area contributed by atoms with E-state index in [1.165, 1.54) is 10.5 Å². The Bertz CT molecular complexity index is 376. The van der Waals surface area contributed by atoms with Crippen LogP contribution in [0.15, 0.2) is 28.3 Å². The first kappa shape index (κ1) is 11.5. The molecule has 0 saturated heterocycles. The first-order valence-electron chi connectivity index (χ1n) is 5.72. The van der Waals surface area contributed by atoms with Crippen LogP contribution in [-0.4, -0.2) is 29.7 Å². The Balaban J connectivity index is 1.91. The van der Waals surface area contributed by atoms with Crippen molar-refractivity contribution in [1.29, 1.82) is 0 Å². The Morgan fingerprint density at radius 3 is 3.12 bits per heavy atom. The summed E-state index contributed by atoms with van der Waals surface area (Å²) >= 11 is 1.80. The molecule has 0 bridgehead atoms. The quantitative estimate of drug-likeness (QED) is 0.812. The van der Waals surface area contributed by atoms with Gasteiger partial charge in [0, 0.05) is 30.4 Å². The van der Waals surface area contributed by atoms with Gasteiger partial charge in [0.1, 0.15) is 5.84 Å². The molecular formula is C12H17N3S. The van der Waals surface area contributed by atoms with Gasteiger partial charge in [0.05, 0.1) is 5.75 Å². The van der Waals surface area contributed by atoms with Gasteiger partial charge in [-0.25, -0.2) is 0 Å². The lowest BCUT2D eigenvalue weighted by molar-refractivity contribution is 0.740. The molecule has 4 heteroatoms. The molecule has 0 saturated carbocycles. The number of nitrogens with one attached hydrogen (secondary N) is 1. The molecule has 0 atom stereocenters. The van der Waals surface area contributed by atoms with Crippen LogP contribution in [-0.2, 0) is 6.42 Å². The molecule has 0 aromatic carbocycles. The molecular weight excluding hydrogens is 218 g/mol. The van der Waals surface area contributed by atoms with Crippen molar-refractivity contribution in [3.05, 3.63) is 24.0 Å². The van der Waals surface area contributed by atoms with Crippen LogP contribution in [0.1, 0.15) is 18.9 Å². The van der Waals surface area contributed by atoms with Crippen LogP contribution in [0.2, 0.25) is 0 Å². The van der Waals surface area contributed by atoms with Gasteiger partial charge >= 0.3 is 0 Å². The molecule has 16 heavy (non-hydrogen) atoms. The number of hydrogen-bond donors (Lipinski definition) is 1. The fraction of sp³-hybridized carbons (Fsp3) is 0.500. The predicted molar refractivity (Wildman–Crippen MR) is 69.3 cm³/mol. The van der Waals surface area contributed by atoms with E-state index in [0.29, 0.717) is 0 Å². The summed E-state index contributed by atoms with van der Waals surface area (Å²) in [7, 11) is 0. The van der Waals surface area contributed by atoms with Gasteiger partial charge in [-0.2, -0.15) is 0 Å². The molecule has 1 aliphatic rings. The molecule has 0 radical (unpaired) electrons. The molecule has 1 aliphatic heterocycles. The summed E-state index contributed by atoms with van der Waals surface area (Å²) in [5.41, 5.74) is 1.29. The number of aryl methyl sites for hydroxylation is 1. The molecule has 1 aromatic heterocycles. The first-order chi connectivity index (χ1) is 7.88. The zero-order valence-corrected chi connectivity index (χ0v) is 10.4. The van der Waals surface area contributed by atoms with Gasteiger partial charge < -0.3 is 5.32 Å². The van der Waals surface area contributed by atoms with Crippen molar-refractivity contribution in [3.63, 3.8) is 0 Å². The van der Waals surface area contributed by atoms with E-state index in [1.54, 1.807) is 11.8 Å². The lowest BCUT2D eigenvalue weighted by Gasteiger charge is -2.14. The van der Waals surface area contributed by atoms with Crippen LogP contribution in [0.4, 0.5) is 0 Å². The van der Waals surface area contributed by atoms with Crippen LogP contribution in [0.3, 0.4) is 0 Å². The zero-order chi connectivity index (χ0) is 11.2. The molecule has 0 fully saturated rings. The van der Waals surface area contributed by atoms with Crippen LogP contribution in [0, 0.1) is 0 Å². The second-order valence-electron chi connectivity index (χ2n) is 3.78. The minimum atomic E-state index is 0.925. The van der Waals surface area contributed by atoms with Gasteiger partial charge in [0.2, 0.25) is 0 Å². The molecule has 2 heterocycles. The maximum Gasteiger partial charge on any atom is 0.107 e. The maximum absolute atomic E-state index is 4.45. The van der Waals surface area contributed by atoms with Gasteiger partial charge in [-0.1, -0.05) is 6.92 Å². The molecule has 86 valence electrons. The van der Waals surface area contributed by atoms with Gasteiger partial charge in [0.25, 0.3) is 0 Å². The fourth-order valence-electron chi connectivity index (χ4n) is 1.57. The third-order valence-electron chi connectivity index (χ3n) is 2.52. The number of rotatable bonds is 4. The Kier molecular flexibility index (Phi) is 4.22. The minimum Gasteiger partial charge on any atom is -0.373 e. The molecule has 0 amide bonds. The number of thioether (sulfide) groups is 1. The smallest absolute Gasteiger partial charge is 0.107 e. The van der Waals surface area contributed by atoms with Gasteiger partial charge in [0.15, 0.2) is 0 Å². The third kappa shape index (κ3) is 3.23. The van der Waals surface area contributed by atoms with Crippen LogP contribution in [0.25, 0.3) is 0 Å². The third-order valence-corrected chi connectivity index (χ3v) is 3.49. The van der Waals surface area contributed by atoms with Crippen molar-refractivity contribution >= 4 is 17.6 Å². The monoisotopic (exact) mass is 235 g/mol. The van der Waals surface area contributed by atoms with Crippen molar-refractivity contribution in [2.75, 3.05) is 18.8 Å². The molecule has 0 spiro atoms. The van der Waals surface area contributed by atoms with E-state index in [1.807, 2.05) is 12.4 Å². The standard InChI is InChI=1S/C12H17N3S/c1-2-10-6-11(8-13-7-10)16-9-12-14-4-3-5-15-12/h6-8H,2-5,9H2,1H3,(H,14,15). The van der Waals surface area contributed by atoms with Gasteiger partial charge in [-0.15, -0.1) is 11.8 Å². The Labute approximate surface area is 101 Å². The minimum absolute atomic E-state index is 0.925. The molecule has 0 unspecified atom stereocenters. The normalized spacial score (nSPS) is 15.4. The van der Waals surface area contributed by atoms with E-state index >= 15 is 0 Å². The second kappa shape index (κ2) is 5.89. The topological polar surface area (TPSA) is 37.3 Å². The number of aromatic nitrogens is 1. The summed E-state index contributed by atoms with van der Waals surface area (Å²) in [6.07, 6.45) is 6.05. The summed E-state index contributed by atoms with van der Waals surface area (Å²) < 4.78 is 0. The number of aliphatic imine (C=N–C) groups is 1. The van der Waals surface area contributed by atoms with Crippen molar-refractivity contribution < 1.29 is 0 Å². The van der Waals surface area contributed by atoms with E-state index in [-0.39, 0.29) is 0 Å². The van der Waals surface area contributed by atoms with E-state index < -0.39 is 0 Å². The molecule has 0 aliphatic carbocycles. The maximum atomic E-state index is 4.45. The fourth-order valence-corrected chi connectivity index (χ4v) is 2.43. The SMILES string of the molecule is CCc1cncc(SCC2=NCCCN2)c1. The van der Waals surface area contributed by atoms with Crippen molar-refractivity contribution in [1.82, 2.24) is 10.3 Å². The highest BCUT2D eigenvalue weighted by Gasteiger charge is 2.04. The number of hydrogen-bond acceptors (Lipinski definition) is 4. The van der Waals surface area contributed by atoms with E-state index in [9.17, 15) is 0 Å². The summed E-state index contributed by atoms with van der Waals surface area (Å²) in [4.78, 5) is 9.92. The number of amidine groups is 1. The lowest BCUT2D eigenvalue weighted by atomic mass is 10.2. The number of pyridine rings is 1. The summed E-state index contributed by atoms with van der Waals surface area (Å²) in [5, 5.41) is 3.33. The number of nitrogens with zero attached hydrogens (tertiary/aromatic N) is 2. The van der Waals surface area contributed by atoms with Gasteiger partial charge in [-0.05, 0) is 24.5 Å². The summed E-state index contributed by atoms with van der Waals surface area (Å²) in [6, 6.07) is 2.21. The second-order valence-corrected chi connectivity index (χ2v) is 4.83. The highest BCUT2D eigenvalue weighted by molar-refractivity contribution is 8.00. The average Bonchev–Trinajstić information content (AvgIpc) is 2.38. The lowest BCUT2D eigenvalue weighted by Crippen LogP contribution is -2.31. The average molecular weight is 235 g/mol. The molecule has 3 nitrogen and oxygen atoms in total.